The van der Waals surface area contributed by atoms with Crippen LogP contribution < -0.4 is 5.32 Å². The van der Waals surface area contributed by atoms with E-state index < -0.39 is 29.6 Å². The van der Waals surface area contributed by atoms with Crippen LogP contribution in [0.5, 0.6) is 0 Å². The van der Waals surface area contributed by atoms with Crippen molar-refractivity contribution in [1.82, 2.24) is 15.2 Å². The molecule has 8 heteroatoms. The lowest BCUT2D eigenvalue weighted by Gasteiger charge is -2.13. The second kappa shape index (κ2) is 6.66. The number of aromatic amines is 1. The van der Waals surface area contributed by atoms with Gasteiger partial charge in [-0.1, -0.05) is 35.9 Å². The number of nitrogens with one attached hydrogen (secondary N) is 2. The van der Waals surface area contributed by atoms with Crippen molar-refractivity contribution in [3.8, 4) is 0 Å². The number of fused-ring (bicyclic) bond motifs is 1. The molecule has 1 aromatic heterocycles. The Labute approximate surface area is 157 Å². The second-order valence-electron chi connectivity index (χ2n) is 6.32. The highest BCUT2D eigenvalue weighted by molar-refractivity contribution is 6.35. The van der Waals surface area contributed by atoms with Crippen molar-refractivity contribution in [2.24, 2.45) is 0 Å². The number of H-pyrrole nitrogens is 1. The quantitative estimate of drug-likeness (QED) is 0.667. The number of hydrogen-bond donors (Lipinski definition) is 2. The molecule has 1 aliphatic heterocycles. The van der Waals surface area contributed by atoms with Gasteiger partial charge in [-0.2, -0.15) is 0 Å². The summed E-state index contributed by atoms with van der Waals surface area (Å²) in [6.45, 7) is -0.329. The molecule has 1 saturated heterocycles. The molecule has 5 nitrogen and oxygen atoms in total. The molecule has 0 bridgehead atoms. The summed E-state index contributed by atoms with van der Waals surface area (Å²) in [5.74, 6) is -2.57. The van der Waals surface area contributed by atoms with E-state index in [9.17, 15) is 18.4 Å². The SMILES string of the molecule is O=C1N[C@H](Cc2c[nH]c3c(Cl)cccc23)C(=O)N1Cc1cccc(F)c1F. The van der Waals surface area contributed by atoms with Crippen LogP contribution in [0, 0.1) is 11.6 Å². The smallest absolute Gasteiger partial charge is 0.325 e. The van der Waals surface area contributed by atoms with Crippen molar-refractivity contribution in [2.75, 3.05) is 0 Å². The summed E-state index contributed by atoms with van der Waals surface area (Å²) in [5.41, 5.74) is 1.52. The van der Waals surface area contributed by atoms with Gasteiger partial charge in [0.1, 0.15) is 6.04 Å². The number of hydrogen-bond acceptors (Lipinski definition) is 2. The maximum absolute atomic E-state index is 13.9. The zero-order chi connectivity index (χ0) is 19.1. The fourth-order valence-corrected chi connectivity index (χ4v) is 3.50. The van der Waals surface area contributed by atoms with Crippen molar-refractivity contribution in [2.45, 2.75) is 19.0 Å². The molecule has 0 spiro atoms. The van der Waals surface area contributed by atoms with Crippen LogP contribution in [-0.4, -0.2) is 27.9 Å². The van der Waals surface area contributed by atoms with Gasteiger partial charge in [0.25, 0.3) is 5.91 Å². The van der Waals surface area contributed by atoms with Gasteiger partial charge in [-0.05, 0) is 17.7 Å². The first kappa shape index (κ1) is 17.5. The molecule has 1 fully saturated rings. The third-order valence-corrected chi connectivity index (χ3v) is 4.96. The second-order valence-corrected chi connectivity index (χ2v) is 6.73. The zero-order valence-electron chi connectivity index (χ0n) is 13.9. The summed E-state index contributed by atoms with van der Waals surface area (Å²) < 4.78 is 27.2. The van der Waals surface area contributed by atoms with Crippen LogP contribution in [0.1, 0.15) is 11.1 Å². The van der Waals surface area contributed by atoms with Gasteiger partial charge in [0.15, 0.2) is 11.6 Å². The molecule has 27 heavy (non-hydrogen) atoms. The van der Waals surface area contributed by atoms with E-state index in [4.69, 9.17) is 11.6 Å². The molecule has 3 amide bonds. The molecule has 2 aromatic carbocycles. The van der Waals surface area contributed by atoms with Crippen LogP contribution in [0.15, 0.2) is 42.6 Å². The first-order valence-electron chi connectivity index (χ1n) is 8.25. The van der Waals surface area contributed by atoms with Gasteiger partial charge >= 0.3 is 6.03 Å². The number of imide groups is 1. The molecule has 0 saturated carbocycles. The van der Waals surface area contributed by atoms with E-state index >= 15 is 0 Å². The predicted molar refractivity (Wildman–Crippen MR) is 96.2 cm³/mol. The van der Waals surface area contributed by atoms with Crippen LogP contribution >= 0.6 is 11.6 Å². The molecule has 138 valence electrons. The van der Waals surface area contributed by atoms with Crippen molar-refractivity contribution in [3.63, 3.8) is 0 Å². The van der Waals surface area contributed by atoms with E-state index in [-0.39, 0.29) is 18.5 Å². The molecule has 0 aliphatic carbocycles. The summed E-state index contributed by atoms with van der Waals surface area (Å²) in [6.07, 6.45) is 2.00. The number of urea groups is 1. The third-order valence-electron chi connectivity index (χ3n) is 4.64. The van der Waals surface area contributed by atoms with Gasteiger partial charge in [-0.3, -0.25) is 9.69 Å². The van der Waals surface area contributed by atoms with Gasteiger partial charge in [0.05, 0.1) is 17.1 Å². The Morgan fingerprint density at radius 3 is 2.67 bits per heavy atom. The van der Waals surface area contributed by atoms with Gasteiger partial charge in [-0.15, -0.1) is 0 Å². The topological polar surface area (TPSA) is 65.2 Å². The minimum absolute atomic E-state index is 0.0574. The molecule has 0 radical (unpaired) electrons. The Kier molecular flexibility index (Phi) is 4.31. The van der Waals surface area contributed by atoms with E-state index in [0.717, 1.165) is 27.4 Å². The van der Waals surface area contributed by atoms with E-state index in [1.165, 1.54) is 12.1 Å². The van der Waals surface area contributed by atoms with Crippen molar-refractivity contribution in [1.29, 1.82) is 0 Å². The number of aromatic nitrogens is 1. The molecule has 1 atom stereocenters. The average Bonchev–Trinajstić information content (AvgIpc) is 3.16. The maximum Gasteiger partial charge on any atom is 0.325 e. The molecule has 2 N–H and O–H groups in total. The van der Waals surface area contributed by atoms with Crippen LogP contribution in [-0.2, 0) is 17.8 Å². The van der Waals surface area contributed by atoms with E-state index in [0.29, 0.717) is 5.02 Å². The van der Waals surface area contributed by atoms with Crippen LogP contribution in [0.25, 0.3) is 10.9 Å². The number of benzene rings is 2. The lowest BCUT2D eigenvalue weighted by atomic mass is 10.0. The summed E-state index contributed by atoms with van der Waals surface area (Å²) >= 11 is 6.14. The summed E-state index contributed by atoms with van der Waals surface area (Å²) in [6, 6.07) is 7.66. The fraction of sp³-hybridized carbons (Fsp3) is 0.158. The predicted octanol–water partition coefficient (Wildman–Crippen LogP) is 3.76. The fourth-order valence-electron chi connectivity index (χ4n) is 3.27. The Morgan fingerprint density at radius 2 is 1.85 bits per heavy atom. The number of halogens is 3. The van der Waals surface area contributed by atoms with Crippen LogP contribution in [0.4, 0.5) is 13.6 Å². The summed E-state index contributed by atoms with van der Waals surface area (Å²) in [7, 11) is 0. The Balaban J connectivity index is 1.56. The molecule has 0 unspecified atom stereocenters. The molecular weight excluding hydrogens is 376 g/mol. The molecular formula is C19H14ClF2N3O2. The number of para-hydroxylation sites is 1. The van der Waals surface area contributed by atoms with Gasteiger partial charge in [0.2, 0.25) is 0 Å². The monoisotopic (exact) mass is 389 g/mol. The highest BCUT2D eigenvalue weighted by Gasteiger charge is 2.38. The number of amides is 3. The lowest BCUT2D eigenvalue weighted by Crippen LogP contribution is -2.32. The summed E-state index contributed by atoms with van der Waals surface area (Å²) in [4.78, 5) is 28.8. The third kappa shape index (κ3) is 3.04. The van der Waals surface area contributed by atoms with Crippen molar-refractivity contribution >= 4 is 34.4 Å². The minimum atomic E-state index is -1.06. The standard InChI is InChI=1S/C19H14ClF2N3O2/c20-13-5-2-4-12-11(8-23-17(12)13)7-15-18(26)25(19(27)24-15)9-10-3-1-6-14(21)16(10)22/h1-6,8,15,23H,7,9H2,(H,24,27)/t15-/m1/s1. The first-order valence-corrected chi connectivity index (χ1v) is 8.62. The van der Waals surface area contributed by atoms with Gasteiger partial charge < -0.3 is 10.3 Å². The van der Waals surface area contributed by atoms with Crippen LogP contribution in [0.3, 0.4) is 0 Å². The first-order chi connectivity index (χ1) is 13.0. The van der Waals surface area contributed by atoms with Crippen molar-refractivity contribution in [3.05, 3.63) is 70.4 Å². The highest BCUT2D eigenvalue weighted by Crippen LogP contribution is 2.27. The molecule has 4 rings (SSSR count). The molecule has 2 heterocycles. The van der Waals surface area contributed by atoms with E-state index in [1.807, 2.05) is 6.07 Å². The zero-order valence-corrected chi connectivity index (χ0v) is 14.7. The number of carbonyl (C=O) groups excluding carboxylic acids is 2. The van der Waals surface area contributed by atoms with Gasteiger partial charge in [0, 0.05) is 23.6 Å². The Morgan fingerprint density at radius 1 is 1.07 bits per heavy atom. The Bertz CT molecular complexity index is 1070. The Hall–Kier alpha value is -2.93. The largest absolute Gasteiger partial charge is 0.360 e. The summed E-state index contributed by atoms with van der Waals surface area (Å²) in [5, 5.41) is 4.02. The number of nitrogens with zero attached hydrogens (tertiary/aromatic N) is 1. The normalized spacial score (nSPS) is 17.0. The van der Waals surface area contributed by atoms with Gasteiger partial charge in [-0.25, -0.2) is 13.6 Å². The maximum atomic E-state index is 13.9. The highest BCUT2D eigenvalue weighted by atomic mass is 35.5. The van der Waals surface area contributed by atoms with E-state index in [2.05, 4.69) is 10.3 Å². The molecule has 1 aliphatic rings. The minimum Gasteiger partial charge on any atom is -0.360 e. The van der Waals surface area contributed by atoms with Crippen molar-refractivity contribution < 1.29 is 18.4 Å². The number of carbonyl (C=O) groups is 2. The number of rotatable bonds is 4. The van der Waals surface area contributed by atoms with Crippen LogP contribution in [0.2, 0.25) is 5.02 Å². The average molecular weight is 390 g/mol. The molecule has 3 aromatic rings. The lowest BCUT2D eigenvalue weighted by molar-refractivity contribution is -0.127. The van der Waals surface area contributed by atoms with E-state index in [1.54, 1.807) is 18.3 Å².